The number of hydrogen-bond donors (Lipinski definition) is 2. The summed E-state index contributed by atoms with van der Waals surface area (Å²) in [5.74, 6) is 0.847. The summed E-state index contributed by atoms with van der Waals surface area (Å²) in [4.78, 5) is 0. The Bertz CT molecular complexity index is 211. The first-order valence-electron chi connectivity index (χ1n) is 6.48. The smallest absolute Gasteiger partial charge is 0.00180 e. The summed E-state index contributed by atoms with van der Waals surface area (Å²) in [6.07, 6.45) is 4.20. The normalized spacial score (nSPS) is 33.6. The fourth-order valence-corrected chi connectivity index (χ4v) is 2.75. The van der Waals surface area contributed by atoms with Crippen molar-refractivity contribution >= 4 is 0 Å². The molecule has 0 aromatic rings. The van der Waals surface area contributed by atoms with Gasteiger partial charge in [0.25, 0.3) is 0 Å². The molecule has 1 atom stereocenters. The third-order valence-corrected chi connectivity index (χ3v) is 4.60. The van der Waals surface area contributed by atoms with Crippen LogP contribution in [0, 0.1) is 16.7 Å². The van der Waals surface area contributed by atoms with E-state index in [1.807, 2.05) is 0 Å². The van der Waals surface area contributed by atoms with Crippen molar-refractivity contribution in [3.8, 4) is 0 Å². The Labute approximate surface area is 94.2 Å². The molecule has 2 heteroatoms. The van der Waals surface area contributed by atoms with Crippen molar-refractivity contribution in [2.75, 3.05) is 26.2 Å². The zero-order valence-electron chi connectivity index (χ0n) is 10.5. The molecule has 0 aromatic heterocycles. The van der Waals surface area contributed by atoms with Crippen LogP contribution >= 0.6 is 0 Å². The lowest BCUT2D eigenvalue weighted by Crippen LogP contribution is -2.37. The van der Waals surface area contributed by atoms with E-state index in [4.69, 9.17) is 0 Å². The van der Waals surface area contributed by atoms with Crippen LogP contribution in [0.15, 0.2) is 0 Å². The SMILES string of the molecule is CC(C)C1(CNCC2(C)CCNC2)CC1. The molecule has 0 bridgehead atoms. The second-order valence-electron chi connectivity index (χ2n) is 6.36. The van der Waals surface area contributed by atoms with E-state index in [1.165, 1.54) is 45.4 Å². The number of nitrogens with one attached hydrogen (secondary N) is 2. The molecule has 0 aromatic carbocycles. The fraction of sp³-hybridized carbons (Fsp3) is 1.00. The molecule has 88 valence electrons. The van der Waals surface area contributed by atoms with Crippen LogP contribution in [0.1, 0.15) is 40.0 Å². The van der Waals surface area contributed by atoms with Crippen molar-refractivity contribution < 1.29 is 0 Å². The Morgan fingerprint density at radius 2 is 1.93 bits per heavy atom. The van der Waals surface area contributed by atoms with Gasteiger partial charge < -0.3 is 10.6 Å². The van der Waals surface area contributed by atoms with Gasteiger partial charge in [0.2, 0.25) is 0 Å². The standard InChI is InChI=1S/C13H26N2/c1-11(2)13(4-5-13)10-15-9-12(3)6-7-14-8-12/h11,14-15H,4-10H2,1-3H3. The quantitative estimate of drug-likeness (QED) is 0.725. The molecule has 0 amide bonds. The van der Waals surface area contributed by atoms with Crippen LogP contribution in [-0.2, 0) is 0 Å². The van der Waals surface area contributed by atoms with Crippen LogP contribution in [-0.4, -0.2) is 26.2 Å². The molecule has 2 fully saturated rings. The Kier molecular flexibility index (Phi) is 3.09. The maximum Gasteiger partial charge on any atom is 0.00180 e. The van der Waals surface area contributed by atoms with Crippen molar-refractivity contribution in [1.29, 1.82) is 0 Å². The fourth-order valence-electron chi connectivity index (χ4n) is 2.75. The lowest BCUT2D eigenvalue weighted by molar-refractivity contribution is 0.288. The van der Waals surface area contributed by atoms with Crippen molar-refractivity contribution in [2.24, 2.45) is 16.7 Å². The highest BCUT2D eigenvalue weighted by atomic mass is 15.0. The molecule has 1 aliphatic carbocycles. The molecule has 2 rings (SSSR count). The molecule has 1 saturated heterocycles. The molecule has 2 nitrogen and oxygen atoms in total. The van der Waals surface area contributed by atoms with Gasteiger partial charge in [-0.15, -0.1) is 0 Å². The predicted molar refractivity (Wildman–Crippen MR) is 65.0 cm³/mol. The molecular weight excluding hydrogens is 184 g/mol. The average molecular weight is 210 g/mol. The third kappa shape index (κ3) is 2.54. The highest BCUT2D eigenvalue weighted by Gasteiger charge is 2.45. The molecule has 1 heterocycles. The topological polar surface area (TPSA) is 24.1 Å². The van der Waals surface area contributed by atoms with E-state index in [0.717, 1.165) is 5.92 Å². The van der Waals surface area contributed by atoms with Crippen LogP contribution in [0.3, 0.4) is 0 Å². The average Bonchev–Trinajstić information content (AvgIpc) is 2.84. The maximum absolute atomic E-state index is 3.71. The first kappa shape index (κ1) is 11.4. The van der Waals surface area contributed by atoms with E-state index in [-0.39, 0.29) is 0 Å². The zero-order chi connectivity index (χ0) is 10.9. The summed E-state index contributed by atoms with van der Waals surface area (Å²) in [6.45, 7) is 12.0. The van der Waals surface area contributed by atoms with Crippen molar-refractivity contribution in [2.45, 2.75) is 40.0 Å². The summed E-state index contributed by atoms with van der Waals surface area (Å²) in [5.41, 5.74) is 1.16. The predicted octanol–water partition coefficient (Wildman–Crippen LogP) is 2.01. The molecule has 1 unspecified atom stereocenters. The monoisotopic (exact) mass is 210 g/mol. The first-order chi connectivity index (χ1) is 7.06. The van der Waals surface area contributed by atoms with Crippen LogP contribution in [0.4, 0.5) is 0 Å². The minimum Gasteiger partial charge on any atom is -0.316 e. The minimum absolute atomic E-state index is 0.507. The van der Waals surface area contributed by atoms with Gasteiger partial charge in [0.05, 0.1) is 0 Å². The molecular formula is C13H26N2. The molecule has 0 spiro atoms. The van der Waals surface area contributed by atoms with Gasteiger partial charge in [0, 0.05) is 19.6 Å². The molecule has 0 radical (unpaired) electrons. The second-order valence-corrected chi connectivity index (χ2v) is 6.36. The van der Waals surface area contributed by atoms with Crippen LogP contribution < -0.4 is 10.6 Å². The molecule has 15 heavy (non-hydrogen) atoms. The van der Waals surface area contributed by atoms with Gasteiger partial charge in [0.15, 0.2) is 0 Å². The van der Waals surface area contributed by atoms with Crippen LogP contribution in [0.25, 0.3) is 0 Å². The summed E-state index contributed by atoms with van der Waals surface area (Å²) in [6, 6.07) is 0. The van der Waals surface area contributed by atoms with Gasteiger partial charge in [-0.05, 0) is 42.6 Å². The van der Waals surface area contributed by atoms with Crippen LogP contribution in [0.5, 0.6) is 0 Å². The molecule has 2 aliphatic rings. The number of rotatable bonds is 5. The Morgan fingerprint density at radius 1 is 1.20 bits per heavy atom. The van der Waals surface area contributed by atoms with E-state index in [2.05, 4.69) is 31.4 Å². The van der Waals surface area contributed by atoms with E-state index in [0.29, 0.717) is 10.8 Å². The summed E-state index contributed by atoms with van der Waals surface area (Å²) < 4.78 is 0. The Hall–Kier alpha value is -0.0800. The van der Waals surface area contributed by atoms with E-state index < -0.39 is 0 Å². The maximum atomic E-state index is 3.71. The lowest BCUT2D eigenvalue weighted by Gasteiger charge is -2.26. The van der Waals surface area contributed by atoms with Gasteiger partial charge in [-0.2, -0.15) is 0 Å². The summed E-state index contributed by atoms with van der Waals surface area (Å²) in [7, 11) is 0. The molecule has 1 saturated carbocycles. The zero-order valence-corrected chi connectivity index (χ0v) is 10.5. The van der Waals surface area contributed by atoms with Crippen LogP contribution in [0.2, 0.25) is 0 Å². The third-order valence-electron chi connectivity index (χ3n) is 4.60. The molecule has 2 N–H and O–H groups in total. The first-order valence-corrected chi connectivity index (χ1v) is 6.48. The number of hydrogen-bond acceptors (Lipinski definition) is 2. The van der Waals surface area contributed by atoms with E-state index >= 15 is 0 Å². The highest BCUT2D eigenvalue weighted by molar-refractivity contribution is 4.98. The van der Waals surface area contributed by atoms with Gasteiger partial charge in [-0.25, -0.2) is 0 Å². The Morgan fingerprint density at radius 3 is 2.40 bits per heavy atom. The van der Waals surface area contributed by atoms with Crippen molar-refractivity contribution in [1.82, 2.24) is 10.6 Å². The van der Waals surface area contributed by atoms with Gasteiger partial charge >= 0.3 is 0 Å². The highest BCUT2D eigenvalue weighted by Crippen LogP contribution is 2.51. The summed E-state index contributed by atoms with van der Waals surface area (Å²) in [5, 5.41) is 7.17. The second kappa shape index (κ2) is 4.06. The van der Waals surface area contributed by atoms with Gasteiger partial charge in [-0.1, -0.05) is 20.8 Å². The Balaban J connectivity index is 1.71. The van der Waals surface area contributed by atoms with Crippen molar-refractivity contribution in [3.05, 3.63) is 0 Å². The summed E-state index contributed by atoms with van der Waals surface area (Å²) >= 11 is 0. The minimum atomic E-state index is 0.507. The van der Waals surface area contributed by atoms with Gasteiger partial charge in [0.1, 0.15) is 0 Å². The van der Waals surface area contributed by atoms with Crippen molar-refractivity contribution in [3.63, 3.8) is 0 Å². The van der Waals surface area contributed by atoms with E-state index in [9.17, 15) is 0 Å². The lowest BCUT2D eigenvalue weighted by atomic mass is 9.88. The van der Waals surface area contributed by atoms with E-state index in [1.54, 1.807) is 0 Å². The largest absolute Gasteiger partial charge is 0.316 e. The molecule has 1 aliphatic heterocycles. The van der Waals surface area contributed by atoms with Gasteiger partial charge in [-0.3, -0.25) is 0 Å².